The minimum atomic E-state index is 0.331. The van der Waals surface area contributed by atoms with Crippen LogP contribution >= 0.6 is 0 Å². The van der Waals surface area contributed by atoms with Crippen LogP contribution in [0.2, 0.25) is 0 Å². The van der Waals surface area contributed by atoms with E-state index >= 15 is 0 Å². The fourth-order valence-corrected chi connectivity index (χ4v) is 3.09. The van der Waals surface area contributed by atoms with E-state index in [1.807, 2.05) is 12.3 Å². The summed E-state index contributed by atoms with van der Waals surface area (Å²) in [6.45, 7) is 0. The summed E-state index contributed by atoms with van der Waals surface area (Å²) in [6, 6.07) is 19.5. The summed E-state index contributed by atoms with van der Waals surface area (Å²) in [4.78, 5) is 4.55. The van der Waals surface area contributed by atoms with Gasteiger partial charge in [-0.15, -0.1) is 0 Å². The maximum Gasteiger partial charge on any atom is 0.0691 e. The molecule has 1 unspecified atom stereocenters. The molecule has 1 aliphatic rings. The van der Waals surface area contributed by atoms with E-state index in [9.17, 15) is 0 Å². The number of hydrogen-bond acceptors (Lipinski definition) is 2. The number of benzene rings is 2. The average molecular weight is 260 g/mol. The van der Waals surface area contributed by atoms with Gasteiger partial charge in [-0.1, -0.05) is 42.5 Å². The quantitative estimate of drug-likeness (QED) is 0.741. The van der Waals surface area contributed by atoms with Crippen molar-refractivity contribution in [2.45, 2.75) is 18.9 Å². The summed E-state index contributed by atoms with van der Waals surface area (Å²) in [7, 11) is 0. The van der Waals surface area contributed by atoms with Crippen LogP contribution in [0.25, 0.3) is 10.8 Å². The van der Waals surface area contributed by atoms with Crippen molar-refractivity contribution >= 4 is 16.5 Å². The second-order valence-corrected chi connectivity index (χ2v) is 5.31. The molecule has 0 saturated heterocycles. The lowest BCUT2D eigenvalue weighted by Crippen LogP contribution is -2.08. The van der Waals surface area contributed by atoms with Gasteiger partial charge in [0.1, 0.15) is 0 Å². The zero-order valence-electron chi connectivity index (χ0n) is 11.2. The highest BCUT2D eigenvalue weighted by atomic mass is 15.0. The van der Waals surface area contributed by atoms with E-state index < -0.39 is 0 Å². The van der Waals surface area contributed by atoms with Gasteiger partial charge >= 0.3 is 0 Å². The molecule has 0 radical (unpaired) electrons. The van der Waals surface area contributed by atoms with Gasteiger partial charge in [0.15, 0.2) is 0 Å². The standard InChI is InChI=1S/C18H16N2/c1-2-8-15-13(5-1)6-3-9-16(15)20-17-11-10-14-7-4-12-19-18(14)17/h1-9,12,17,20H,10-11H2. The molecule has 0 aliphatic heterocycles. The summed E-state index contributed by atoms with van der Waals surface area (Å²) in [5.74, 6) is 0. The number of pyridine rings is 1. The van der Waals surface area contributed by atoms with Crippen LogP contribution in [0, 0.1) is 0 Å². The molecule has 1 heterocycles. The first-order chi connectivity index (χ1) is 9.92. The second kappa shape index (κ2) is 4.64. The topological polar surface area (TPSA) is 24.9 Å². The van der Waals surface area contributed by atoms with Gasteiger partial charge in [-0.05, 0) is 35.9 Å². The van der Waals surface area contributed by atoms with Crippen LogP contribution in [0.3, 0.4) is 0 Å². The van der Waals surface area contributed by atoms with Crippen molar-refractivity contribution in [1.29, 1.82) is 0 Å². The summed E-state index contributed by atoms with van der Waals surface area (Å²) < 4.78 is 0. The first-order valence-electron chi connectivity index (χ1n) is 7.10. The Bertz CT molecular complexity index is 759. The predicted octanol–water partition coefficient (Wildman–Crippen LogP) is 4.33. The van der Waals surface area contributed by atoms with Crippen molar-refractivity contribution in [3.63, 3.8) is 0 Å². The first kappa shape index (κ1) is 11.5. The zero-order valence-corrected chi connectivity index (χ0v) is 11.2. The number of rotatable bonds is 2. The average Bonchev–Trinajstić information content (AvgIpc) is 2.91. The Kier molecular flexibility index (Phi) is 2.66. The Morgan fingerprint density at radius 3 is 2.85 bits per heavy atom. The Balaban J connectivity index is 1.73. The molecule has 2 heteroatoms. The molecule has 0 saturated carbocycles. The number of aromatic nitrogens is 1. The smallest absolute Gasteiger partial charge is 0.0691 e. The van der Waals surface area contributed by atoms with Crippen molar-refractivity contribution in [3.05, 3.63) is 72.1 Å². The van der Waals surface area contributed by atoms with E-state index in [1.165, 1.54) is 27.7 Å². The third-order valence-corrected chi connectivity index (χ3v) is 4.08. The maximum atomic E-state index is 4.55. The van der Waals surface area contributed by atoms with Crippen LogP contribution in [0.5, 0.6) is 0 Å². The number of nitrogens with one attached hydrogen (secondary N) is 1. The number of aryl methyl sites for hydroxylation is 1. The first-order valence-corrected chi connectivity index (χ1v) is 7.10. The lowest BCUT2D eigenvalue weighted by Gasteiger charge is -2.16. The van der Waals surface area contributed by atoms with Gasteiger partial charge in [0.2, 0.25) is 0 Å². The Hall–Kier alpha value is -2.35. The van der Waals surface area contributed by atoms with Crippen molar-refractivity contribution in [2.75, 3.05) is 5.32 Å². The molecule has 3 aromatic rings. The maximum absolute atomic E-state index is 4.55. The largest absolute Gasteiger partial charge is 0.376 e. The molecular weight excluding hydrogens is 244 g/mol. The van der Waals surface area contributed by atoms with Crippen molar-refractivity contribution < 1.29 is 0 Å². The third-order valence-electron chi connectivity index (χ3n) is 4.08. The van der Waals surface area contributed by atoms with Gasteiger partial charge in [0.05, 0.1) is 11.7 Å². The molecule has 1 aliphatic carbocycles. The van der Waals surface area contributed by atoms with E-state index in [0.29, 0.717) is 6.04 Å². The molecule has 0 spiro atoms. The summed E-state index contributed by atoms with van der Waals surface area (Å²) in [5.41, 5.74) is 3.79. The summed E-state index contributed by atoms with van der Waals surface area (Å²) >= 11 is 0. The molecule has 0 fully saturated rings. The van der Waals surface area contributed by atoms with Crippen LogP contribution < -0.4 is 5.32 Å². The molecule has 4 rings (SSSR count). The lowest BCUT2D eigenvalue weighted by atomic mass is 10.1. The van der Waals surface area contributed by atoms with Crippen LogP contribution in [0.1, 0.15) is 23.7 Å². The van der Waals surface area contributed by atoms with Crippen LogP contribution in [-0.4, -0.2) is 4.98 Å². The van der Waals surface area contributed by atoms with Gasteiger partial charge in [-0.25, -0.2) is 0 Å². The highest BCUT2D eigenvalue weighted by molar-refractivity contribution is 5.93. The zero-order chi connectivity index (χ0) is 13.4. The van der Waals surface area contributed by atoms with E-state index in [2.05, 4.69) is 58.8 Å². The fourth-order valence-electron chi connectivity index (χ4n) is 3.09. The molecule has 98 valence electrons. The van der Waals surface area contributed by atoms with Crippen LogP contribution in [0.15, 0.2) is 60.8 Å². The van der Waals surface area contributed by atoms with Gasteiger partial charge < -0.3 is 5.32 Å². The van der Waals surface area contributed by atoms with Gasteiger partial charge in [-0.2, -0.15) is 0 Å². The van der Waals surface area contributed by atoms with E-state index in [-0.39, 0.29) is 0 Å². The summed E-state index contributed by atoms with van der Waals surface area (Å²) in [5, 5.41) is 6.23. The monoisotopic (exact) mass is 260 g/mol. The van der Waals surface area contributed by atoms with Crippen molar-refractivity contribution in [3.8, 4) is 0 Å². The second-order valence-electron chi connectivity index (χ2n) is 5.31. The predicted molar refractivity (Wildman–Crippen MR) is 82.9 cm³/mol. The van der Waals surface area contributed by atoms with E-state index in [1.54, 1.807) is 0 Å². The molecule has 2 nitrogen and oxygen atoms in total. The molecule has 0 amide bonds. The van der Waals surface area contributed by atoms with Gasteiger partial charge in [-0.3, -0.25) is 4.98 Å². The molecule has 20 heavy (non-hydrogen) atoms. The normalized spacial score (nSPS) is 17.1. The minimum Gasteiger partial charge on any atom is -0.376 e. The number of hydrogen-bond donors (Lipinski definition) is 1. The molecule has 1 N–H and O–H groups in total. The Morgan fingerprint density at radius 1 is 0.950 bits per heavy atom. The van der Waals surface area contributed by atoms with Crippen molar-refractivity contribution in [1.82, 2.24) is 4.98 Å². The minimum absolute atomic E-state index is 0.331. The fraction of sp³-hybridized carbons (Fsp3) is 0.167. The molecule has 0 bridgehead atoms. The number of nitrogens with zero attached hydrogens (tertiary/aromatic N) is 1. The molecule has 2 aromatic carbocycles. The van der Waals surface area contributed by atoms with E-state index in [0.717, 1.165) is 12.8 Å². The highest BCUT2D eigenvalue weighted by Gasteiger charge is 2.23. The molecular formula is C18H16N2. The van der Waals surface area contributed by atoms with E-state index in [4.69, 9.17) is 0 Å². The lowest BCUT2D eigenvalue weighted by molar-refractivity contribution is 0.747. The third kappa shape index (κ3) is 1.85. The number of anilines is 1. The SMILES string of the molecule is c1cnc2c(c1)CCC2Nc1cccc2ccccc12. The molecule has 1 atom stereocenters. The summed E-state index contributed by atoms with van der Waals surface area (Å²) in [6.07, 6.45) is 4.13. The van der Waals surface area contributed by atoms with Gasteiger partial charge in [0, 0.05) is 17.3 Å². The Labute approximate surface area is 118 Å². The van der Waals surface area contributed by atoms with Crippen molar-refractivity contribution in [2.24, 2.45) is 0 Å². The highest BCUT2D eigenvalue weighted by Crippen LogP contribution is 2.34. The number of fused-ring (bicyclic) bond motifs is 2. The van der Waals surface area contributed by atoms with Crippen LogP contribution in [-0.2, 0) is 6.42 Å². The van der Waals surface area contributed by atoms with Crippen LogP contribution in [0.4, 0.5) is 5.69 Å². The van der Waals surface area contributed by atoms with Gasteiger partial charge in [0.25, 0.3) is 0 Å². The Morgan fingerprint density at radius 2 is 1.85 bits per heavy atom. The molecule has 1 aromatic heterocycles.